The van der Waals surface area contributed by atoms with Gasteiger partial charge in [0.05, 0.1) is 5.69 Å². The molecule has 8 aromatic carbocycles. The van der Waals surface area contributed by atoms with Crippen LogP contribution in [-0.4, -0.2) is 0 Å². The van der Waals surface area contributed by atoms with Crippen LogP contribution in [0.25, 0.3) is 88.1 Å². The standard InChI is InChI=1S/C48H28FNO3/c49-39-18-5-6-19-40(39)50(30-11-2-1-3-12-30)31-24-26-35-34-25-23-29(27-44(34)52-45(35)28-31)32-14-9-21-42-46(32)47-36(15-10-22-43(47)51-42)38-17-8-16-37-33-13-4-7-20-41(33)53-48(37)38/h1-28H. The Morgan fingerprint density at radius 2 is 0.981 bits per heavy atom. The van der Waals surface area contributed by atoms with Gasteiger partial charge in [0.15, 0.2) is 0 Å². The number of benzene rings is 8. The van der Waals surface area contributed by atoms with Gasteiger partial charge in [-0.25, -0.2) is 4.39 Å². The topological polar surface area (TPSA) is 42.7 Å². The van der Waals surface area contributed by atoms with Crippen LogP contribution in [0.15, 0.2) is 183 Å². The molecule has 0 unspecified atom stereocenters. The molecule has 3 aromatic heterocycles. The van der Waals surface area contributed by atoms with Crippen molar-refractivity contribution in [2.75, 3.05) is 4.90 Å². The van der Waals surface area contributed by atoms with E-state index in [9.17, 15) is 0 Å². The Hall–Kier alpha value is -7.11. The van der Waals surface area contributed by atoms with E-state index in [1.54, 1.807) is 12.1 Å². The second-order valence-corrected chi connectivity index (χ2v) is 13.4. The minimum Gasteiger partial charge on any atom is -0.456 e. The zero-order valence-corrected chi connectivity index (χ0v) is 28.2. The van der Waals surface area contributed by atoms with E-state index in [1.807, 2.05) is 95.9 Å². The van der Waals surface area contributed by atoms with Gasteiger partial charge in [-0.1, -0.05) is 97.1 Å². The first-order valence-electron chi connectivity index (χ1n) is 17.6. The first kappa shape index (κ1) is 29.6. The molecule has 0 aliphatic heterocycles. The van der Waals surface area contributed by atoms with E-state index in [0.717, 1.165) is 99.4 Å². The lowest BCUT2D eigenvalue weighted by molar-refractivity contribution is 0.628. The quantitative estimate of drug-likeness (QED) is 0.181. The Morgan fingerprint density at radius 1 is 0.377 bits per heavy atom. The van der Waals surface area contributed by atoms with Crippen molar-refractivity contribution in [3.05, 3.63) is 176 Å². The van der Waals surface area contributed by atoms with Crippen LogP contribution in [0.4, 0.5) is 21.5 Å². The Balaban J connectivity index is 1.08. The van der Waals surface area contributed by atoms with Gasteiger partial charge < -0.3 is 18.2 Å². The van der Waals surface area contributed by atoms with E-state index in [-0.39, 0.29) is 5.82 Å². The highest BCUT2D eigenvalue weighted by molar-refractivity contribution is 6.21. The number of halogens is 1. The van der Waals surface area contributed by atoms with Gasteiger partial charge >= 0.3 is 0 Å². The predicted molar refractivity (Wildman–Crippen MR) is 214 cm³/mol. The molecule has 0 fully saturated rings. The summed E-state index contributed by atoms with van der Waals surface area (Å²) in [5, 5.41) is 6.25. The number of hydrogen-bond acceptors (Lipinski definition) is 4. The van der Waals surface area contributed by atoms with Crippen molar-refractivity contribution >= 4 is 82.9 Å². The minimum atomic E-state index is -0.302. The molecule has 0 amide bonds. The number of para-hydroxylation sites is 4. The van der Waals surface area contributed by atoms with Crippen molar-refractivity contribution in [3.8, 4) is 22.3 Å². The molecular formula is C48H28FNO3. The van der Waals surface area contributed by atoms with Crippen molar-refractivity contribution < 1.29 is 17.6 Å². The average molecular weight is 686 g/mol. The maximum absolute atomic E-state index is 15.2. The van der Waals surface area contributed by atoms with Crippen molar-refractivity contribution in [2.45, 2.75) is 0 Å². The number of furan rings is 3. The van der Waals surface area contributed by atoms with Gasteiger partial charge in [0.2, 0.25) is 0 Å². The van der Waals surface area contributed by atoms with Crippen molar-refractivity contribution in [3.63, 3.8) is 0 Å². The first-order valence-corrected chi connectivity index (χ1v) is 17.6. The largest absolute Gasteiger partial charge is 0.456 e. The number of rotatable bonds is 5. The molecule has 250 valence electrons. The fraction of sp³-hybridized carbons (Fsp3) is 0. The van der Waals surface area contributed by atoms with Gasteiger partial charge in [-0.3, -0.25) is 0 Å². The molecule has 53 heavy (non-hydrogen) atoms. The van der Waals surface area contributed by atoms with Crippen LogP contribution >= 0.6 is 0 Å². The highest BCUT2D eigenvalue weighted by atomic mass is 19.1. The lowest BCUT2D eigenvalue weighted by Gasteiger charge is -2.25. The fourth-order valence-electron chi connectivity index (χ4n) is 8.00. The summed E-state index contributed by atoms with van der Waals surface area (Å²) in [5.41, 5.74) is 11.1. The maximum Gasteiger partial charge on any atom is 0.147 e. The van der Waals surface area contributed by atoms with Crippen LogP contribution in [0.3, 0.4) is 0 Å². The molecule has 11 aromatic rings. The summed E-state index contributed by atoms with van der Waals surface area (Å²) in [5.74, 6) is -0.302. The van der Waals surface area contributed by atoms with E-state index >= 15 is 4.39 Å². The van der Waals surface area contributed by atoms with Gasteiger partial charge in [-0.15, -0.1) is 0 Å². The number of nitrogens with zero attached hydrogens (tertiary/aromatic N) is 1. The molecule has 0 radical (unpaired) electrons. The first-order chi connectivity index (χ1) is 26.2. The molecule has 0 N–H and O–H groups in total. The Morgan fingerprint density at radius 3 is 1.83 bits per heavy atom. The molecule has 4 nitrogen and oxygen atoms in total. The zero-order chi connectivity index (χ0) is 35.0. The highest BCUT2D eigenvalue weighted by Gasteiger charge is 2.21. The second-order valence-electron chi connectivity index (χ2n) is 13.4. The molecule has 0 saturated carbocycles. The van der Waals surface area contributed by atoms with Crippen molar-refractivity contribution in [1.29, 1.82) is 0 Å². The fourth-order valence-corrected chi connectivity index (χ4v) is 8.00. The van der Waals surface area contributed by atoms with Crippen LogP contribution in [0.2, 0.25) is 0 Å². The molecule has 3 heterocycles. The molecule has 0 bridgehead atoms. The monoisotopic (exact) mass is 685 g/mol. The third kappa shape index (κ3) is 4.54. The van der Waals surface area contributed by atoms with E-state index in [2.05, 4.69) is 60.7 Å². The number of hydrogen-bond donors (Lipinski definition) is 0. The third-order valence-electron chi connectivity index (χ3n) is 10.4. The lowest BCUT2D eigenvalue weighted by Crippen LogP contribution is -2.11. The van der Waals surface area contributed by atoms with Crippen LogP contribution in [0, 0.1) is 5.82 Å². The molecule has 0 spiro atoms. The molecule has 0 atom stereocenters. The Kier molecular flexibility index (Phi) is 6.40. The number of fused-ring (bicyclic) bond motifs is 9. The maximum atomic E-state index is 15.2. The van der Waals surface area contributed by atoms with Gasteiger partial charge in [0.1, 0.15) is 39.3 Å². The van der Waals surface area contributed by atoms with Crippen LogP contribution in [0.5, 0.6) is 0 Å². The summed E-state index contributed by atoms with van der Waals surface area (Å²) in [6.45, 7) is 0. The van der Waals surface area contributed by atoms with E-state index < -0.39 is 0 Å². The summed E-state index contributed by atoms with van der Waals surface area (Å²) in [6.07, 6.45) is 0. The highest BCUT2D eigenvalue weighted by Crippen LogP contribution is 2.45. The lowest BCUT2D eigenvalue weighted by atomic mass is 9.93. The SMILES string of the molecule is Fc1ccccc1N(c1ccccc1)c1ccc2c(c1)oc1cc(-c3cccc4oc5cccc(-c6cccc7c6oc6ccccc67)c5c34)ccc12. The molecule has 0 aliphatic rings. The second kappa shape index (κ2) is 11.5. The van der Waals surface area contributed by atoms with Crippen LogP contribution in [0.1, 0.15) is 0 Å². The summed E-state index contributed by atoms with van der Waals surface area (Å²) in [4.78, 5) is 1.92. The summed E-state index contributed by atoms with van der Waals surface area (Å²) in [7, 11) is 0. The van der Waals surface area contributed by atoms with Crippen LogP contribution < -0.4 is 4.90 Å². The Labute approximate surface area is 302 Å². The molecule has 11 rings (SSSR count). The van der Waals surface area contributed by atoms with Crippen molar-refractivity contribution in [1.82, 2.24) is 0 Å². The smallest absolute Gasteiger partial charge is 0.147 e. The summed E-state index contributed by atoms with van der Waals surface area (Å²) in [6, 6.07) is 56.0. The van der Waals surface area contributed by atoms with Gasteiger partial charge in [0.25, 0.3) is 0 Å². The van der Waals surface area contributed by atoms with Crippen LogP contribution in [-0.2, 0) is 0 Å². The number of anilines is 3. The van der Waals surface area contributed by atoms with E-state index in [1.165, 1.54) is 6.07 Å². The molecular weight excluding hydrogens is 658 g/mol. The van der Waals surface area contributed by atoms with Gasteiger partial charge in [0, 0.05) is 55.3 Å². The third-order valence-corrected chi connectivity index (χ3v) is 10.4. The summed E-state index contributed by atoms with van der Waals surface area (Å²) >= 11 is 0. The Bertz CT molecular complexity index is 3210. The molecule has 5 heteroatoms. The zero-order valence-electron chi connectivity index (χ0n) is 28.2. The average Bonchev–Trinajstić information content (AvgIpc) is 3.90. The van der Waals surface area contributed by atoms with Gasteiger partial charge in [-0.2, -0.15) is 0 Å². The normalized spacial score (nSPS) is 11.9. The minimum absolute atomic E-state index is 0.302. The van der Waals surface area contributed by atoms with E-state index in [0.29, 0.717) is 5.69 Å². The predicted octanol–water partition coefficient (Wildman–Crippen LogP) is 14.3. The van der Waals surface area contributed by atoms with E-state index in [4.69, 9.17) is 13.3 Å². The van der Waals surface area contributed by atoms with Gasteiger partial charge in [-0.05, 0) is 83.4 Å². The van der Waals surface area contributed by atoms with Crippen molar-refractivity contribution in [2.24, 2.45) is 0 Å². The molecule has 0 aliphatic carbocycles. The summed E-state index contributed by atoms with van der Waals surface area (Å²) < 4.78 is 34.8. The molecule has 0 saturated heterocycles.